The van der Waals surface area contributed by atoms with Gasteiger partial charge in [0.15, 0.2) is 15.5 Å². The number of alkyl halides is 3. The zero-order valence-corrected chi connectivity index (χ0v) is 22.3. The zero-order valence-electron chi connectivity index (χ0n) is 21.5. The summed E-state index contributed by atoms with van der Waals surface area (Å²) >= 11 is 0. The van der Waals surface area contributed by atoms with E-state index < -0.39 is 27.6 Å². The Hall–Kier alpha value is -3.96. The highest BCUT2D eigenvalue weighted by Gasteiger charge is 2.36. The minimum Gasteiger partial charge on any atom is -0.321 e. The van der Waals surface area contributed by atoms with Crippen molar-refractivity contribution in [2.75, 3.05) is 18.1 Å². The van der Waals surface area contributed by atoms with Gasteiger partial charge in [-0.05, 0) is 72.8 Å². The minimum atomic E-state index is -4.72. The fourth-order valence-corrected chi connectivity index (χ4v) is 5.01. The summed E-state index contributed by atoms with van der Waals surface area (Å²) < 4.78 is 65.2. The second kappa shape index (κ2) is 10.9. The Kier molecular flexibility index (Phi) is 7.52. The Morgan fingerprint density at radius 2 is 1.68 bits per heavy atom. The van der Waals surface area contributed by atoms with Crippen molar-refractivity contribution < 1.29 is 26.4 Å². The molecule has 1 saturated carbocycles. The third-order valence-electron chi connectivity index (χ3n) is 6.66. The van der Waals surface area contributed by atoms with Gasteiger partial charge in [0.2, 0.25) is 0 Å². The van der Waals surface area contributed by atoms with E-state index in [0.717, 1.165) is 47.5 Å². The van der Waals surface area contributed by atoms with Gasteiger partial charge < -0.3 is 10.6 Å². The number of halogens is 3. The van der Waals surface area contributed by atoms with Gasteiger partial charge in [-0.15, -0.1) is 0 Å². The van der Waals surface area contributed by atoms with Gasteiger partial charge in [0.25, 0.3) is 5.91 Å². The number of rotatable bonds is 9. The molecule has 0 bridgehead atoms. The number of hydrogen-bond acceptors (Lipinski definition) is 5. The first-order valence-corrected chi connectivity index (χ1v) is 14.6. The van der Waals surface area contributed by atoms with Crippen LogP contribution < -0.4 is 10.6 Å². The molecule has 1 atom stereocenters. The second-order valence-corrected chi connectivity index (χ2v) is 11.9. The van der Waals surface area contributed by atoms with Crippen molar-refractivity contribution in [2.45, 2.75) is 30.0 Å². The number of benzene rings is 3. The predicted octanol–water partition coefficient (Wildman–Crippen LogP) is 5.64. The number of nitrogens with zero attached hydrogens (tertiary/aromatic N) is 2. The number of amides is 1. The van der Waals surface area contributed by atoms with Crippen molar-refractivity contribution in [1.82, 2.24) is 15.1 Å². The average Bonchev–Trinajstić information content (AvgIpc) is 3.62. The predicted molar refractivity (Wildman–Crippen MR) is 145 cm³/mol. The van der Waals surface area contributed by atoms with Crippen LogP contribution in [0.25, 0.3) is 5.69 Å². The van der Waals surface area contributed by atoms with Crippen LogP contribution in [0.5, 0.6) is 0 Å². The van der Waals surface area contributed by atoms with Crippen LogP contribution in [-0.4, -0.2) is 36.9 Å². The second-order valence-electron chi connectivity index (χ2n) is 9.87. The van der Waals surface area contributed by atoms with E-state index >= 15 is 0 Å². The zero-order chi connectivity index (χ0) is 28.5. The van der Waals surface area contributed by atoms with Crippen molar-refractivity contribution >= 4 is 21.4 Å². The number of hydrogen-bond donors (Lipinski definition) is 2. The molecule has 1 aromatic heterocycles. The molecule has 1 fully saturated rings. The van der Waals surface area contributed by atoms with Gasteiger partial charge in [0.1, 0.15) is 5.69 Å². The molecule has 1 heterocycles. The summed E-state index contributed by atoms with van der Waals surface area (Å²) in [6.45, 7) is 0.769. The van der Waals surface area contributed by atoms with Gasteiger partial charge in [-0.3, -0.25) is 4.79 Å². The molecule has 0 saturated heterocycles. The van der Waals surface area contributed by atoms with Crippen LogP contribution in [-0.2, 0) is 16.0 Å². The number of aromatic nitrogens is 2. The lowest BCUT2D eigenvalue weighted by molar-refractivity contribution is -0.141. The lowest BCUT2D eigenvalue weighted by atomic mass is 9.98. The maximum absolute atomic E-state index is 13.5. The maximum Gasteiger partial charge on any atom is 0.435 e. The molecule has 3 aromatic carbocycles. The van der Waals surface area contributed by atoms with Crippen LogP contribution in [0.3, 0.4) is 0 Å². The van der Waals surface area contributed by atoms with Crippen LogP contribution in [0.2, 0.25) is 0 Å². The molecule has 0 radical (unpaired) electrons. The number of para-hydroxylation sites is 1. The van der Waals surface area contributed by atoms with Crippen molar-refractivity contribution in [3.63, 3.8) is 0 Å². The van der Waals surface area contributed by atoms with E-state index in [-0.39, 0.29) is 16.6 Å². The molecule has 40 heavy (non-hydrogen) atoms. The van der Waals surface area contributed by atoms with E-state index in [1.54, 1.807) is 72.8 Å². The topological polar surface area (TPSA) is 93.1 Å². The highest BCUT2D eigenvalue weighted by atomic mass is 32.2. The number of nitrogens with one attached hydrogen (secondary N) is 2. The van der Waals surface area contributed by atoms with E-state index in [9.17, 15) is 26.4 Å². The fourth-order valence-electron chi connectivity index (χ4n) is 4.38. The Morgan fingerprint density at radius 3 is 2.30 bits per heavy atom. The van der Waals surface area contributed by atoms with Crippen molar-refractivity contribution in [1.29, 1.82) is 0 Å². The molecule has 1 aliphatic rings. The van der Waals surface area contributed by atoms with Gasteiger partial charge in [-0.1, -0.05) is 42.5 Å². The van der Waals surface area contributed by atoms with Crippen LogP contribution in [0.1, 0.15) is 46.2 Å². The molecule has 7 nitrogen and oxygen atoms in total. The van der Waals surface area contributed by atoms with Crippen LogP contribution in [0.15, 0.2) is 89.8 Å². The molecule has 11 heteroatoms. The fraction of sp³-hybridized carbons (Fsp3) is 0.241. The first-order chi connectivity index (χ1) is 19.0. The molecular formula is C29H27F3N4O3S. The van der Waals surface area contributed by atoms with E-state index in [2.05, 4.69) is 15.7 Å². The Morgan fingerprint density at radius 1 is 0.975 bits per heavy atom. The van der Waals surface area contributed by atoms with Gasteiger partial charge in [0, 0.05) is 18.0 Å². The summed E-state index contributed by atoms with van der Waals surface area (Å²) in [5.41, 5.74) is 0.925. The minimum absolute atomic E-state index is 0.214. The lowest BCUT2D eigenvalue weighted by Crippen LogP contribution is -2.25. The van der Waals surface area contributed by atoms with Crippen molar-refractivity contribution in [3.8, 4) is 5.69 Å². The molecular weight excluding hydrogens is 541 g/mol. The summed E-state index contributed by atoms with van der Waals surface area (Å²) in [6, 6.07) is 22.2. The van der Waals surface area contributed by atoms with Gasteiger partial charge in [0.05, 0.1) is 16.6 Å². The average molecular weight is 569 g/mol. The highest BCUT2D eigenvalue weighted by molar-refractivity contribution is 7.90. The van der Waals surface area contributed by atoms with Crippen molar-refractivity contribution in [3.05, 3.63) is 107 Å². The molecule has 2 N–H and O–H groups in total. The molecule has 0 spiro atoms. The molecule has 1 amide bonds. The quantitative estimate of drug-likeness (QED) is 0.273. The highest BCUT2D eigenvalue weighted by Crippen LogP contribution is 2.32. The molecule has 0 aliphatic heterocycles. The van der Waals surface area contributed by atoms with Crippen LogP contribution in [0, 0.1) is 5.92 Å². The maximum atomic E-state index is 13.5. The molecule has 4 aromatic rings. The molecule has 208 valence electrons. The molecule has 5 rings (SSSR count). The third-order valence-corrected chi connectivity index (χ3v) is 7.79. The normalized spacial score (nSPS) is 14.6. The first-order valence-electron chi connectivity index (χ1n) is 12.7. The van der Waals surface area contributed by atoms with Gasteiger partial charge in [-0.2, -0.15) is 18.3 Å². The third kappa shape index (κ3) is 6.43. The van der Waals surface area contributed by atoms with Crippen LogP contribution >= 0.6 is 0 Å². The van der Waals surface area contributed by atoms with E-state index in [1.807, 2.05) is 6.07 Å². The number of anilines is 1. The van der Waals surface area contributed by atoms with E-state index in [4.69, 9.17) is 0 Å². The standard InChI is InChI=1S/C29H27F3N4O3S/c1-40(38,39)24-14-12-20(13-15-24)27(33-18-19-10-11-19)21-6-5-7-22(16-21)34-28(37)25-17-26(29(30,31)32)35-36(25)23-8-3-2-4-9-23/h2-9,12-17,19,27,33H,10-11,18H2,1H3,(H,34,37). The molecule has 1 aliphatic carbocycles. The number of carbonyl (C=O) groups excluding carboxylic acids is 1. The smallest absolute Gasteiger partial charge is 0.321 e. The van der Waals surface area contributed by atoms with Gasteiger partial charge in [-0.25, -0.2) is 13.1 Å². The summed E-state index contributed by atoms with van der Waals surface area (Å²) in [7, 11) is -3.35. The largest absolute Gasteiger partial charge is 0.435 e. The van der Waals surface area contributed by atoms with E-state index in [1.165, 1.54) is 0 Å². The Bertz CT molecular complexity index is 1610. The van der Waals surface area contributed by atoms with Gasteiger partial charge >= 0.3 is 6.18 Å². The van der Waals surface area contributed by atoms with Crippen LogP contribution in [0.4, 0.5) is 18.9 Å². The first kappa shape index (κ1) is 27.6. The Balaban J connectivity index is 1.44. The summed E-state index contributed by atoms with van der Waals surface area (Å²) in [6.07, 6.45) is -1.30. The van der Waals surface area contributed by atoms with E-state index in [0.29, 0.717) is 17.3 Å². The van der Waals surface area contributed by atoms with Crippen molar-refractivity contribution in [2.24, 2.45) is 5.92 Å². The summed E-state index contributed by atoms with van der Waals surface area (Å²) in [4.78, 5) is 13.5. The SMILES string of the molecule is CS(=O)(=O)c1ccc(C(NCC2CC2)c2cccc(NC(=O)c3cc(C(F)(F)F)nn3-c3ccccc3)c2)cc1. The summed E-state index contributed by atoms with van der Waals surface area (Å²) in [5.74, 6) is -0.175. The number of carbonyl (C=O) groups is 1. The Labute approximate surface area is 230 Å². The molecule has 1 unspecified atom stereocenters. The lowest BCUT2D eigenvalue weighted by Gasteiger charge is -2.21. The number of sulfone groups is 1. The monoisotopic (exact) mass is 568 g/mol. The summed E-state index contributed by atoms with van der Waals surface area (Å²) in [5, 5.41) is 9.89.